The summed E-state index contributed by atoms with van der Waals surface area (Å²) in [4.78, 5) is 49.9. The second kappa shape index (κ2) is 9.72. The van der Waals surface area contributed by atoms with Crippen molar-refractivity contribution in [2.45, 2.75) is 13.3 Å². The van der Waals surface area contributed by atoms with Crippen molar-refractivity contribution in [3.8, 4) is 5.75 Å². The van der Waals surface area contributed by atoms with Crippen molar-refractivity contribution >= 4 is 47.0 Å². The largest absolute Gasteiger partial charge is 0.423 e. The maximum Gasteiger partial charge on any atom is 0.343 e. The summed E-state index contributed by atoms with van der Waals surface area (Å²) in [6.07, 6.45) is 1.34. The summed E-state index contributed by atoms with van der Waals surface area (Å²) in [7, 11) is 0. The Morgan fingerprint density at radius 3 is 2.29 bits per heavy atom. The summed E-state index contributed by atoms with van der Waals surface area (Å²) in [6, 6.07) is 19.5. The van der Waals surface area contributed by atoms with Crippen LogP contribution in [0.1, 0.15) is 33.2 Å². The van der Waals surface area contributed by atoms with E-state index >= 15 is 0 Å². The molecule has 1 aliphatic rings. The number of carbonyl (C=O) groups is 4. The zero-order valence-electron chi connectivity index (χ0n) is 18.1. The molecule has 3 aromatic carbocycles. The number of rotatable bonds is 7. The Labute approximate surface area is 200 Å². The highest BCUT2D eigenvalue weighted by Crippen LogP contribution is 2.32. The minimum absolute atomic E-state index is 0.0387. The topological polar surface area (TPSA) is 92.8 Å². The Morgan fingerprint density at radius 1 is 0.971 bits per heavy atom. The molecule has 0 saturated carbocycles. The molecule has 3 aromatic rings. The number of nitrogens with zero attached hydrogens (tertiary/aromatic N) is 1. The normalized spacial score (nSPS) is 13.3. The van der Waals surface area contributed by atoms with Crippen LogP contribution < -0.4 is 15.0 Å². The number of para-hydroxylation sites is 1. The number of imide groups is 1. The lowest BCUT2D eigenvalue weighted by molar-refractivity contribution is -0.120. The number of nitrogens with one attached hydrogen (secondary N) is 1. The molecule has 8 heteroatoms. The first-order chi connectivity index (χ1) is 16.4. The van der Waals surface area contributed by atoms with Crippen LogP contribution in [0.3, 0.4) is 0 Å². The lowest BCUT2D eigenvalue weighted by Gasteiger charge is -2.18. The van der Waals surface area contributed by atoms with Crippen LogP contribution in [0.25, 0.3) is 0 Å². The third-order valence-corrected chi connectivity index (χ3v) is 5.61. The van der Waals surface area contributed by atoms with Crippen LogP contribution in [0.15, 0.2) is 83.5 Å². The maximum absolute atomic E-state index is 13.0. The molecule has 1 N–H and O–H groups in total. The van der Waals surface area contributed by atoms with E-state index in [4.69, 9.17) is 16.3 Å². The molecule has 7 nitrogen and oxygen atoms in total. The number of anilines is 2. The fourth-order valence-corrected chi connectivity index (χ4v) is 3.69. The summed E-state index contributed by atoms with van der Waals surface area (Å²) < 4.78 is 5.30. The van der Waals surface area contributed by atoms with Gasteiger partial charge in [0.1, 0.15) is 22.8 Å². The van der Waals surface area contributed by atoms with E-state index in [0.717, 1.165) is 10.5 Å². The van der Waals surface area contributed by atoms with Crippen molar-refractivity contribution in [1.29, 1.82) is 0 Å². The Kier molecular flexibility index (Phi) is 6.56. The van der Waals surface area contributed by atoms with E-state index in [2.05, 4.69) is 5.32 Å². The third-order valence-electron chi connectivity index (χ3n) is 5.26. The van der Waals surface area contributed by atoms with Crippen LogP contribution in [-0.4, -0.2) is 24.1 Å². The van der Waals surface area contributed by atoms with E-state index in [1.807, 2.05) is 19.1 Å². The monoisotopic (exact) mass is 474 g/mol. The molecule has 2 amide bonds. The highest BCUT2D eigenvalue weighted by molar-refractivity contribution is 6.53. The highest BCUT2D eigenvalue weighted by Gasteiger charge is 2.39. The van der Waals surface area contributed by atoms with Gasteiger partial charge in [-0.25, -0.2) is 9.69 Å². The van der Waals surface area contributed by atoms with Crippen LogP contribution in [0, 0.1) is 0 Å². The van der Waals surface area contributed by atoms with Crippen molar-refractivity contribution in [2.24, 2.45) is 0 Å². The number of hydrogen-bond donors (Lipinski definition) is 1. The molecule has 1 heterocycles. The molecule has 34 heavy (non-hydrogen) atoms. The highest BCUT2D eigenvalue weighted by atomic mass is 35.5. The van der Waals surface area contributed by atoms with Gasteiger partial charge < -0.3 is 10.1 Å². The fraction of sp³-hybridized carbons (Fsp3) is 0.0769. The Balaban J connectivity index is 1.48. The molecule has 0 radical (unpaired) electrons. The van der Waals surface area contributed by atoms with Crippen molar-refractivity contribution in [1.82, 2.24) is 0 Å². The maximum atomic E-state index is 13.0. The van der Waals surface area contributed by atoms with Crippen molar-refractivity contribution in [3.63, 3.8) is 0 Å². The number of carbonyl (C=O) groups excluding carboxylic acids is 4. The van der Waals surface area contributed by atoms with Crippen molar-refractivity contribution in [2.75, 3.05) is 10.2 Å². The summed E-state index contributed by atoms with van der Waals surface area (Å²) in [5.74, 6) is -1.44. The molecule has 0 saturated heterocycles. The van der Waals surface area contributed by atoms with E-state index in [0.29, 0.717) is 35.4 Å². The van der Waals surface area contributed by atoms with Gasteiger partial charge in [-0.3, -0.25) is 14.4 Å². The molecule has 0 atom stereocenters. The molecule has 0 bridgehead atoms. The fourth-order valence-electron chi connectivity index (χ4n) is 3.47. The van der Waals surface area contributed by atoms with Gasteiger partial charge in [0.2, 0.25) is 0 Å². The van der Waals surface area contributed by atoms with Gasteiger partial charge in [-0.2, -0.15) is 0 Å². The number of benzene rings is 3. The second-order valence-electron chi connectivity index (χ2n) is 7.40. The van der Waals surface area contributed by atoms with Gasteiger partial charge in [-0.1, -0.05) is 36.7 Å². The number of esters is 1. The van der Waals surface area contributed by atoms with E-state index in [1.54, 1.807) is 36.4 Å². The van der Waals surface area contributed by atoms with Gasteiger partial charge in [0.15, 0.2) is 0 Å². The second-order valence-corrected chi connectivity index (χ2v) is 7.77. The number of halogens is 1. The molecule has 4 rings (SSSR count). The molecule has 170 valence electrons. The predicted octanol–water partition coefficient (Wildman–Crippen LogP) is 4.72. The Bertz CT molecular complexity index is 1310. The molecule has 0 fully saturated rings. The summed E-state index contributed by atoms with van der Waals surface area (Å²) in [5, 5.41) is 2.68. The first-order valence-corrected chi connectivity index (χ1v) is 10.8. The van der Waals surface area contributed by atoms with Crippen LogP contribution in [0.4, 0.5) is 11.4 Å². The standard InChI is InChI=1S/C26H19ClN2O5/c1-2-17-5-3-4-6-21(17)29-24(31)22(27)23(25(29)32)28-19-11-9-18(10-12-19)26(33)34-20-13-7-16(15-30)8-14-20/h3-15,28H,2H2,1H3. The summed E-state index contributed by atoms with van der Waals surface area (Å²) in [5.41, 5.74) is 2.51. The Hall–Kier alpha value is -4.23. The predicted molar refractivity (Wildman–Crippen MR) is 128 cm³/mol. The zero-order chi connectivity index (χ0) is 24.2. The van der Waals surface area contributed by atoms with Gasteiger partial charge >= 0.3 is 5.97 Å². The number of hydrogen-bond acceptors (Lipinski definition) is 6. The van der Waals surface area contributed by atoms with Crippen LogP contribution in [-0.2, 0) is 16.0 Å². The van der Waals surface area contributed by atoms with E-state index < -0.39 is 17.8 Å². The van der Waals surface area contributed by atoms with Gasteiger partial charge in [0.25, 0.3) is 11.8 Å². The van der Waals surface area contributed by atoms with Crippen LogP contribution in [0.5, 0.6) is 5.75 Å². The lowest BCUT2D eigenvalue weighted by Crippen LogP contribution is -2.33. The molecule has 0 aliphatic carbocycles. The lowest BCUT2D eigenvalue weighted by atomic mass is 10.1. The quantitative estimate of drug-likeness (QED) is 0.230. The molecule has 0 unspecified atom stereocenters. The number of aldehydes is 1. The van der Waals surface area contributed by atoms with E-state index in [1.165, 1.54) is 24.3 Å². The van der Waals surface area contributed by atoms with Gasteiger partial charge in [-0.05, 0) is 66.6 Å². The molecular formula is C26H19ClN2O5. The first-order valence-electron chi connectivity index (χ1n) is 10.4. The molecular weight excluding hydrogens is 456 g/mol. The van der Waals surface area contributed by atoms with Crippen LogP contribution >= 0.6 is 11.6 Å². The number of amides is 2. The molecule has 0 aromatic heterocycles. The van der Waals surface area contributed by atoms with Gasteiger partial charge in [-0.15, -0.1) is 0 Å². The molecule has 0 spiro atoms. The van der Waals surface area contributed by atoms with Crippen molar-refractivity contribution in [3.05, 3.63) is 100 Å². The van der Waals surface area contributed by atoms with Gasteiger partial charge in [0, 0.05) is 11.3 Å². The average Bonchev–Trinajstić information content (AvgIpc) is 3.07. The minimum atomic E-state index is -0.601. The minimum Gasteiger partial charge on any atom is -0.423 e. The smallest absolute Gasteiger partial charge is 0.343 e. The SMILES string of the molecule is CCc1ccccc1N1C(=O)C(Cl)=C(Nc2ccc(C(=O)Oc3ccc(C=O)cc3)cc2)C1=O. The Morgan fingerprint density at radius 2 is 1.65 bits per heavy atom. The average molecular weight is 475 g/mol. The van der Waals surface area contributed by atoms with E-state index in [-0.39, 0.29) is 16.3 Å². The number of aryl methyl sites for hydroxylation is 1. The van der Waals surface area contributed by atoms with Crippen LogP contribution in [0.2, 0.25) is 0 Å². The van der Waals surface area contributed by atoms with E-state index in [9.17, 15) is 19.2 Å². The summed E-state index contributed by atoms with van der Waals surface area (Å²) >= 11 is 6.22. The van der Waals surface area contributed by atoms with Crippen molar-refractivity contribution < 1.29 is 23.9 Å². The number of ether oxygens (including phenoxy) is 1. The third kappa shape index (κ3) is 4.46. The zero-order valence-corrected chi connectivity index (χ0v) is 18.8. The van der Waals surface area contributed by atoms with Gasteiger partial charge in [0.05, 0.1) is 11.3 Å². The summed E-state index contributed by atoms with van der Waals surface area (Å²) in [6.45, 7) is 1.94. The molecule has 1 aliphatic heterocycles. The first kappa shape index (κ1) is 22.9.